The molecule has 55 heavy (non-hydrogen) atoms. The molecule has 2 saturated heterocycles. The minimum atomic E-state index is -1.68. The van der Waals surface area contributed by atoms with Crippen molar-refractivity contribution in [2.24, 2.45) is 44.3 Å². The van der Waals surface area contributed by atoms with Gasteiger partial charge in [-0.1, -0.05) is 59.3 Å². The first-order valence-corrected chi connectivity index (χ1v) is 20.6. The second-order valence-electron chi connectivity index (χ2n) is 20.3. The molecule has 0 radical (unpaired) electrons. The Morgan fingerprint density at radius 3 is 2.09 bits per heavy atom. The van der Waals surface area contributed by atoms with Crippen molar-refractivity contribution in [1.82, 2.24) is 0 Å². The fraction of sp³-hybridized carbons (Fsp3) is 0.905. The normalized spacial score (nSPS) is 54.9. The van der Waals surface area contributed by atoms with Crippen LogP contribution >= 0.6 is 0 Å². The van der Waals surface area contributed by atoms with Gasteiger partial charge >= 0.3 is 0 Å². The van der Waals surface area contributed by atoms with Crippen LogP contribution in [0.15, 0.2) is 23.3 Å². The number of hydrogen-bond acceptors (Lipinski definition) is 13. The quantitative estimate of drug-likeness (QED) is 0.168. The Balaban J connectivity index is 1.16. The van der Waals surface area contributed by atoms with Crippen LogP contribution in [-0.2, 0) is 18.9 Å². The van der Waals surface area contributed by atoms with E-state index in [0.717, 1.165) is 38.5 Å². The lowest BCUT2D eigenvalue weighted by Gasteiger charge is -2.70. The SMILES string of the molecule is CC1OC(OC2C(O)C(CO)OC(OC3CCC4(C)C5C=CC6=C7CC(C)(C)CCC7(CO)C(O)CC6(C)C5(C)CCC4[C@]3(C)CO)C2O)C(O)C(O)C1O. The van der Waals surface area contributed by atoms with Crippen LogP contribution in [0.3, 0.4) is 0 Å². The van der Waals surface area contributed by atoms with Gasteiger partial charge in [0.1, 0.15) is 42.7 Å². The first-order valence-electron chi connectivity index (χ1n) is 20.6. The molecular formula is C42H68O13. The number of hydrogen-bond donors (Lipinski definition) is 9. The minimum absolute atomic E-state index is 0.00450. The number of allylic oxidation sites excluding steroid dienone is 3. The highest BCUT2D eigenvalue weighted by Crippen LogP contribution is 2.74. The average molecular weight is 781 g/mol. The lowest BCUT2D eigenvalue weighted by Crippen LogP contribution is -2.67. The standard InChI is InChI=1S/C42H68O13/c1-21-29(47)31(49)32(50)35(52-21)55-34-30(48)24(18-43)53-36(33(34)51)54-28-11-12-38(4)25(39(28,5)19-44)10-13-40(6)26(38)9-8-22-23-16-37(2,3)14-15-42(23,20-45)27(46)17-41(22,40)7/h8-9,21,24-36,43-51H,10-20H2,1-7H3/t21?,24?,25?,26?,27?,28?,29?,30?,31?,32?,33?,34?,35?,36?,38?,39-,40?,41?,42?/m0/s1. The van der Waals surface area contributed by atoms with Crippen molar-refractivity contribution in [3.8, 4) is 0 Å². The zero-order chi connectivity index (χ0) is 40.3. The summed E-state index contributed by atoms with van der Waals surface area (Å²) in [5.41, 5.74) is 0.374. The molecule has 0 aromatic heterocycles. The van der Waals surface area contributed by atoms with E-state index in [-0.39, 0.29) is 46.7 Å². The van der Waals surface area contributed by atoms with Crippen LogP contribution in [0.4, 0.5) is 0 Å². The molecule has 18 unspecified atom stereocenters. The van der Waals surface area contributed by atoms with Crippen LogP contribution in [0.2, 0.25) is 0 Å². The van der Waals surface area contributed by atoms with Crippen LogP contribution in [0.1, 0.15) is 99.8 Å². The van der Waals surface area contributed by atoms with Gasteiger partial charge < -0.3 is 64.9 Å². The second kappa shape index (κ2) is 14.3. The monoisotopic (exact) mass is 780 g/mol. The van der Waals surface area contributed by atoms with Crippen molar-refractivity contribution in [2.45, 2.75) is 173 Å². The van der Waals surface area contributed by atoms with Gasteiger partial charge in [-0.2, -0.15) is 0 Å². The molecule has 3 saturated carbocycles. The molecule has 0 spiro atoms. The topological polar surface area (TPSA) is 219 Å². The van der Waals surface area contributed by atoms with Crippen LogP contribution in [-0.4, -0.2) is 139 Å². The Morgan fingerprint density at radius 2 is 1.44 bits per heavy atom. The van der Waals surface area contributed by atoms with Gasteiger partial charge in [0.05, 0.1) is 38.1 Å². The maximum atomic E-state index is 12.0. The minimum Gasteiger partial charge on any atom is -0.396 e. The smallest absolute Gasteiger partial charge is 0.187 e. The number of aliphatic hydroxyl groups excluding tert-OH is 9. The third-order valence-electron chi connectivity index (χ3n) is 16.8. The number of rotatable bonds is 7. The van der Waals surface area contributed by atoms with Gasteiger partial charge in [0.15, 0.2) is 12.6 Å². The van der Waals surface area contributed by atoms with Gasteiger partial charge in [0.2, 0.25) is 0 Å². The molecule has 0 amide bonds. The predicted molar refractivity (Wildman–Crippen MR) is 199 cm³/mol. The molecule has 314 valence electrons. The van der Waals surface area contributed by atoms with Crippen molar-refractivity contribution in [1.29, 1.82) is 0 Å². The molecule has 5 fully saturated rings. The molecule has 0 bridgehead atoms. The Morgan fingerprint density at radius 1 is 0.745 bits per heavy atom. The maximum Gasteiger partial charge on any atom is 0.187 e. The molecule has 9 N–H and O–H groups in total. The lowest BCUT2D eigenvalue weighted by molar-refractivity contribution is -0.368. The first-order chi connectivity index (χ1) is 25.7. The zero-order valence-corrected chi connectivity index (χ0v) is 33.7. The number of ether oxygens (including phenoxy) is 4. The van der Waals surface area contributed by atoms with Gasteiger partial charge in [0.25, 0.3) is 0 Å². The average Bonchev–Trinajstić information content (AvgIpc) is 3.13. The summed E-state index contributed by atoms with van der Waals surface area (Å²) in [5.74, 6) is 0.113. The molecule has 7 rings (SSSR count). The fourth-order valence-electron chi connectivity index (χ4n) is 13.0. The first kappa shape index (κ1) is 42.1. The Bertz CT molecular complexity index is 1500. The van der Waals surface area contributed by atoms with Gasteiger partial charge in [-0.05, 0) is 91.9 Å². The van der Waals surface area contributed by atoms with E-state index in [4.69, 9.17) is 18.9 Å². The van der Waals surface area contributed by atoms with Gasteiger partial charge in [-0.3, -0.25) is 0 Å². The zero-order valence-electron chi connectivity index (χ0n) is 33.7. The van der Waals surface area contributed by atoms with E-state index in [1.54, 1.807) is 0 Å². The molecule has 0 aromatic carbocycles. The van der Waals surface area contributed by atoms with Crippen molar-refractivity contribution in [3.05, 3.63) is 23.3 Å². The summed E-state index contributed by atoms with van der Waals surface area (Å²) in [6, 6.07) is 0. The van der Waals surface area contributed by atoms with Crippen LogP contribution in [0.5, 0.6) is 0 Å². The van der Waals surface area contributed by atoms with Crippen LogP contribution in [0.25, 0.3) is 0 Å². The Labute approximate surface area is 325 Å². The molecule has 2 heterocycles. The van der Waals surface area contributed by atoms with Crippen molar-refractivity contribution >= 4 is 0 Å². The Hall–Kier alpha value is -1.04. The third-order valence-corrected chi connectivity index (χ3v) is 16.8. The van der Waals surface area contributed by atoms with Crippen molar-refractivity contribution in [3.63, 3.8) is 0 Å². The molecule has 7 aliphatic rings. The summed E-state index contributed by atoms with van der Waals surface area (Å²) in [7, 11) is 0. The highest BCUT2D eigenvalue weighted by molar-refractivity contribution is 5.47. The van der Waals surface area contributed by atoms with E-state index in [2.05, 4.69) is 46.8 Å². The summed E-state index contributed by atoms with van der Waals surface area (Å²) in [6.07, 6.45) is -4.80. The third kappa shape index (κ3) is 6.12. The van der Waals surface area contributed by atoms with Gasteiger partial charge in [-0.15, -0.1) is 0 Å². The molecule has 13 heteroatoms. The predicted octanol–water partition coefficient (Wildman–Crippen LogP) is 1.68. The van der Waals surface area contributed by atoms with Crippen LogP contribution in [0, 0.1) is 44.3 Å². The van der Waals surface area contributed by atoms with E-state index in [1.807, 2.05) is 6.92 Å². The Kier molecular flexibility index (Phi) is 11.0. The molecule has 0 aromatic rings. The summed E-state index contributed by atoms with van der Waals surface area (Å²) < 4.78 is 24.0. The molecule has 13 nitrogen and oxygen atoms in total. The van der Waals surface area contributed by atoms with Crippen LogP contribution < -0.4 is 0 Å². The number of aliphatic hydroxyl groups is 9. The second-order valence-corrected chi connectivity index (χ2v) is 20.3. The summed E-state index contributed by atoms with van der Waals surface area (Å²) in [5, 5.41) is 98.1. The van der Waals surface area contributed by atoms with E-state index >= 15 is 0 Å². The molecule has 2 aliphatic heterocycles. The summed E-state index contributed by atoms with van der Waals surface area (Å²) >= 11 is 0. The highest BCUT2D eigenvalue weighted by Gasteiger charge is 2.69. The van der Waals surface area contributed by atoms with E-state index < -0.39 is 91.1 Å². The maximum absolute atomic E-state index is 12.0. The molecule has 19 atom stereocenters. The molecule has 5 aliphatic carbocycles. The van der Waals surface area contributed by atoms with E-state index in [0.29, 0.717) is 12.8 Å². The van der Waals surface area contributed by atoms with Crippen molar-refractivity contribution in [2.75, 3.05) is 19.8 Å². The highest BCUT2D eigenvalue weighted by atomic mass is 16.7. The van der Waals surface area contributed by atoms with Crippen molar-refractivity contribution < 1.29 is 64.9 Å². The number of fused-ring (bicyclic) bond motifs is 6. The summed E-state index contributed by atoms with van der Waals surface area (Å²) in [6.45, 7) is 14.2. The van der Waals surface area contributed by atoms with Gasteiger partial charge in [-0.25, -0.2) is 0 Å². The molecular weight excluding hydrogens is 712 g/mol. The van der Waals surface area contributed by atoms with E-state index in [9.17, 15) is 46.0 Å². The summed E-state index contributed by atoms with van der Waals surface area (Å²) in [4.78, 5) is 0. The lowest BCUT2D eigenvalue weighted by atomic mass is 9.35. The fourth-order valence-corrected chi connectivity index (χ4v) is 13.0. The van der Waals surface area contributed by atoms with Gasteiger partial charge in [0, 0.05) is 16.2 Å². The largest absolute Gasteiger partial charge is 0.396 e. The van der Waals surface area contributed by atoms with E-state index in [1.165, 1.54) is 18.1 Å².